The van der Waals surface area contributed by atoms with Crippen molar-refractivity contribution in [1.29, 1.82) is 0 Å². The molecule has 6 nitrogen and oxygen atoms in total. The van der Waals surface area contributed by atoms with Gasteiger partial charge in [-0.3, -0.25) is 14.4 Å². The van der Waals surface area contributed by atoms with Crippen LogP contribution in [0.2, 0.25) is 0 Å². The smallest absolute Gasteiger partial charge is 0.306 e. The zero-order valence-corrected chi connectivity index (χ0v) is 53.2. The Morgan fingerprint density at radius 3 is 0.744 bits per heavy atom. The van der Waals surface area contributed by atoms with E-state index in [4.69, 9.17) is 14.2 Å². The normalized spacial score (nSPS) is 13.1. The van der Waals surface area contributed by atoms with Gasteiger partial charge >= 0.3 is 17.9 Å². The van der Waals surface area contributed by atoms with Crippen molar-refractivity contribution in [1.82, 2.24) is 0 Å². The third-order valence-electron chi connectivity index (χ3n) is 14.1. The van der Waals surface area contributed by atoms with Crippen LogP contribution in [0.5, 0.6) is 0 Å². The van der Waals surface area contributed by atoms with Gasteiger partial charge in [0.15, 0.2) is 6.10 Å². The first-order valence-electron chi connectivity index (χ1n) is 33.8. The summed E-state index contributed by atoms with van der Waals surface area (Å²) < 4.78 is 16.9. The molecule has 1 atom stereocenters. The van der Waals surface area contributed by atoms with Gasteiger partial charge in [-0.05, 0) is 122 Å². The third-order valence-corrected chi connectivity index (χ3v) is 14.1. The van der Waals surface area contributed by atoms with E-state index in [9.17, 15) is 14.4 Å². The number of hydrogen-bond acceptors (Lipinski definition) is 6. The molecule has 0 spiro atoms. The molecule has 0 saturated carbocycles. The number of esters is 3. The van der Waals surface area contributed by atoms with E-state index < -0.39 is 6.10 Å². The fourth-order valence-corrected chi connectivity index (χ4v) is 9.10. The number of carbonyl (C=O) groups excluding carboxylic acids is 3. The number of unbranched alkanes of at least 4 members (excludes halogenated alkanes) is 25. The van der Waals surface area contributed by atoms with E-state index in [1.54, 1.807) is 0 Å². The molecule has 0 heterocycles. The summed E-state index contributed by atoms with van der Waals surface area (Å²) >= 11 is 0. The van der Waals surface area contributed by atoms with Gasteiger partial charge in [-0.1, -0.05) is 301 Å². The summed E-state index contributed by atoms with van der Waals surface area (Å²) in [5, 5.41) is 0. The maximum Gasteiger partial charge on any atom is 0.306 e. The minimum atomic E-state index is -0.827. The minimum absolute atomic E-state index is 0.113. The highest BCUT2D eigenvalue weighted by Gasteiger charge is 2.19. The second-order valence-electron chi connectivity index (χ2n) is 22.0. The fraction of sp³-hybridized carbons (Fsp3) is 0.645. The van der Waals surface area contributed by atoms with E-state index in [2.05, 4.69) is 167 Å². The average molecular weight is 1130 g/mol. The van der Waals surface area contributed by atoms with E-state index in [0.29, 0.717) is 19.3 Å². The Hall–Kier alpha value is -4.71. The van der Waals surface area contributed by atoms with Crippen LogP contribution >= 0.6 is 0 Å². The van der Waals surface area contributed by atoms with E-state index in [1.165, 1.54) is 122 Å². The molecule has 0 aromatic heterocycles. The van der Waals surface area contributed by atoms with Crippen molar-refractivity contribution in [3.63, 3.8) is 0 Å². The van der Waals surface area contributed by atoms with Crippen LogP contribution < -0.4 is 0 Å². The van der Waals surface area contributed by atoms with E-state index in [1.807, 2.05) is 0 Å². The monoisotopic (exact) mass is 1130 g/mol. The van der Waals surface area contributed by atoms with Crippen LogP contribution in [-0.2, 0) is 28.6 Å². The van der Waals surface area contributed by atoms with Crippen LogP contribution in [0.25, 0.3) is 0 Å². The Morgan fingerprint density at radius 2 is 0.476 bits per heavy atom. The average Bonchev–Trinajstić information content (AvgIpc) is 3.47. The quantitative estimate of drug-likeness (QED) is 0.0261. The highest BCUT2D eigenvalue weighted by molar-refractivity contribution is 5.71. The molecule has 6 heteroatoms. The molecule has 0 N–H and O–H groups in total. The van der Waals surface area contributed by atoms with Crippen molar-refractivity contribution in [2.75, 3.05) is 13.2 Å². The van der Waals surface area contributed by atoms with Crippen molar-refractivity contribution in [2.24, 2.45) is 0 Å². The molecule has 0 amide bonds. The number of hydrogen-bond donors (Lipinski definition) is 0. The summed E-state index contributed by atoms with van der Waals surface area (Å²) in [4.78, 5) is 38.4. The molecule has 0 aromatic rings. The lowest BCUT2D eigenvalue weighted by Gasteiger charge is -2.18. The van der Waals surface area contributed by atoms with Crippen LogP contribution in [-0.4, -0.2) is 37.2 Å². The predicted molar refractivity (Wildman–Crippen MR) is 357 cm³/mol. The third kappa shape index (κ3) is 66.1. The largest absolute Gasteiger partial charge is 0.462 e. The lowest BCUT2D eigenvalue weighted by atomic mass is 10.0. The first-order valence-corrected chi connectivity index (χ1v) is 33.8. The number of allylic oxidation sites excluding steroid dienone is 24. The molecular formula is C76H124O6. The summed E-state index contributed by atoms with van der Waals surface area (Å²) in [6, 6.07) is 0. The van der Waals surface area contributed by atoms with E-state index in [0.717, 1.165) is 122 Å². The molecule has 0 rings (SSSR count). The molecule has 0 saturated heterocycles. The number of ether oxygens (including phenoxy) is 3. The van der Waals surface area contributed by atoms with Crippen molar-refractivity contribution < 1.29 is 28.6 Å². The van der Waals surface area contributed by atoms with Crippen molar-refractivity contribution in [3.8, 4) is 0 Å². The molecule has 464 valence electrons. The van der Waals surface area contributed by atoms with Crippen LogP contribution in [0.1, 0.15) is 297 Å². The molecule has 1 unspecified atom stereocenters. The van der Waals surface area contributed by atoms with Crippen LogP contribution in [0, 0.1) is 0 Å². The Morgan fingerprint density at radius 1 is 0.256 bits per heavy atom. The van der Waals surface area contributed by atoms with Crippen molar-refractivity contribution in [3.05, 3.63) is 146 Å². The van der Waals surface area contributed by atoms with Gasteiger partial charge in [-0.2, -0.15) is 0 Å². The van der Waals surface area contributed by atoms with Gasteiger partial charge in [0.2, 0.25) is 0 Å². The second kappa shape index (κ2) is 68.8. The molecule has 0 aliphatic heterocycles. The van der Waals surface area contributed by atoms with Gasteiger partial charge in [-0.25, -0.2) is 0 Å². The van der Waals surface area contributed by atoms with Gasteiger partial charge in [0.05, 0.1) is 0 Å². The fourth-order valence-electron chi connectivity index (χ4n) is 9.10. The van der Waals surface area contributed by atoms with E-state index >= 15 is 0 Å². The molecule has 0 radical (unpaired) electrons. The molecule has 82 heavy (non-hydrogen) atoms. The summed E-state index contributed by atoms with van der Waals surface area (Å²) in [6.07, 6.45) is 98.6. The van der Waals surface area contributed by atoms with Gasteiger partial charge in [0.25, 0.3) is 0 Å². The second-order valence-corrected chi connectivity index (χ2v) is 22.0. The van der Waals surface area contributed by atoms with Crippen LogP contribution in [0.3, 0.4) is 0 Å². The van der Waals surface area contributed by atoms with Crippen molar-refractivity contribution in [2.45, 2.75) is 303 Å². The lowest BCUT2D eigenvalue weighted by Crippen LogP contribution is -2.30. The Kier molecular flexibility index (Phi) is 64.8. The van der Waals surface area contributed by atoms with Gasteiger partial charge in [0.1, 0.15) is 13.2 Å². The standard InChI is InChI=1S/C76H124O6/c1-4-7-10-13-16-19-22-25-28-31-34-37-40-42-45-48-51-54-57-60-63-66-69-75(78)81-72-73(82-76(79)70-67-64-61-58-55-52-49-46-43-39-36-33-30-27-24-21-18-15-12-9-6-3)71-80-74(77)68-65-62-59-56-53-50-47-44-41-38-35-32-29-26-23-20-17-14-11-8-5-2/h8-9,11-12,17-18,20-21,26-27,29-30,35-36,38-39,44,46-47,49,53,55-56,58,73H,4-7,10,13-16,19,22-25,28,31-34,37,40-43,45,48,50-52,54,57,59-72H2,1-3H3/b11-8-,12-9-,20-17-,21-18-,29-26-,30-27-,38-35-,39-36-,47-44-,49-46-,56-53-,58-55-. The first kappa shape index (κ1) is 77.3. The van der Waals surface area contributed by atoms with Crippen LogP contribution in [0.15, 0.2) is 146 Å². The minimum Gasteiger partial charge on any atom is -0.462 e. The molecule has 0 bridgehead atoms. The highest BCUT2D eigenvalue weighted by atomic mass is 16.6. The van der Waals surface area contributed by atoms with Crippen LogP contribution in [0.4, 0.5) is 0 Å². The summed E-state index contributed by atoms with van der Waals surface area (Å²) in [5.41, 5.74) is 0. The zero-order chi connectivity index (χ0) is 59.2. The maximum absolute atomic E-state index is 12.9. The van der Waals surface area contributed by atoms with Gasteiger partial charge in [0, 0.05) is 19.3 Å². The topological polar surface area (TPSA) is 78.9 Å². The Labute approximate surface area is 506 Å². The molecule has 0 aliphatic rings. The maximum atomic E-state index is 12.9. The zero-order valence-electron chi connectivity index (χ0n) is 53.2. The van der Waals surface area contributed by atoms with Crippen molar-refractivity contribution >= 4 is 17.9 Å². The highest BCUT2D eigenvalue weighted by Crippen LogP contribution is 2.16. The SMILES string of the molecule is CC/C=C\C/C=C\C/C=C\C/C=C\C/C=C\C/C=C\CCCCC(=O)OCC(COC(=O)CCCCCCCCCCCCCCCCCCCCCCCC)OC(=O)CCCC/C=C\C/C=C\C/C=C\C/C=C\C/C=C\C/C=C\CC. The summed E-state index contributed by atoms with van der Waals surface area (Å²) in [5.74, 6) is -0.997. The summed E-state index contributed by atoms with van der Waals surface area (Å²) in [7, 11) is 0. The van der Waals surface area contributed by atoms with Gasteiger partial charge < -0.3 is 14.2 Å². The summed E-state index contributed by atoms with van der Waals surface area (Å²) in [6.45, 7) is 6.36. The number of rotatable bonds is 60. The lowest BCUT2D eigenvalue weighted by molar-refractivity contribution is -0.167. The molecular weight excluding hydrogens is 1010 g/mol. The Balaban J connectivity index is 4.53. The molecule has 0 aliphatic carbocycles. The predicted octanol–water partition coefficient (Wildman–Crippen LogP) is 23.5. The number of carbonyl (C=O) groups is 3. The van der Waals surface area contributed by atoms with Gasteiger partial charge in [-0.15, -0.1) is 0 Å². The Bertz CT molecular complexity index is 1780. The first-order chi connectivity index (χ1) is 40.5. The van der Waals surface area contributed by atoms with E-state index in [-0.39, 0.29) is 44.0 Å². The molecule has 0 fully saturated rings. The molecule has 0 aromatic carbocycles.